The third kappa shape index (κ3) is 3.55. The van der Waals surface area contributed by atoms with E-state index in [0.717, 1.165) is 12.8 Å². The summed E-state index contributed by atoms with van der Waals surface area (Å²) in [4.78, 5) is 29.9. The maximum absolute atomic E-state index is 12.8. The first-order valence-corrected chi connectivity index (χ1v) is 8.92. The highest BCUT2D eigenvalue weighted by Gasteiger charge is 2.36. The van der Waals surface area contributed by atoms with Crippen LogP contribution in [-0.2, 0) is 0 Å². The molecule has 3 heterocycles. The molecule has 138 valence electrons. The summed E-state index contributed by atoms with van der Waals surface area (Å²) in [6, 6.07) is 10.2. The molecule has 6 heteroatoms. The molecule has 2 aliphatic rings. The van der Waals surface area contributed by atoms with Crippen molar-refractivity contribution in [3.05, 3.63) is 59.4 Å². The molecule has 0 radical (unpaired) electrons. The Morgan fingerprint density at radius 1 is 0.962 bits per heavy atom. The van der Waals surface area contributed by atoms with Crippen LogP contribution in [0.5, 0.6) is 0 Å². The number of nitrogens with zero attached hydrogens (tertiary/aromatic N) is 1. The van der Waals surface area contributed by atoms with E-state index in [1.165, 1.54) is 12.8 Å². The van der Waals surface area contributed by atoms with Crippen molar-refractivity contribution in [3.8, 4) is 0 Å². The molecule has 1 aromatic carbocycles. The largest absolute Gasteiger partial charge is 0.367 e. The van der Waals surface area contributed by atoms with Gasteiger partial charge in [-0.2, -0.15) is 0 Å². The van der Waals surface area contributed by atoms with Gasteiger partial charge >= 0.3 is 0 Å². The monoisotopic (exact) mass is 373 g/mol. The molecule has 2 aliphatic heterocycles. The molecule has 2 saturated heterocycles. The minimum atomic E-state index is -0.0384. The molecule has 2 atom stereocenters. The average Bonchev–Trinajstić information content (AvgIpc) is 3.29. The van der Waals surface area contributed by atoms with Crippen LogP contribution >= 0.6 is 12.4 Å². The lowest BCUT2D eigenvalue weighted by Gasteiger charge is -2.35. The number of fused-ring (bicyclic) bond motifs is 2. The number of halogens is 1. The van der Waals surface area contributed by atoms with Crippen LogP contribution in [0.2, 0.25) is 0 Å². The van der Waals surface area contributed by atoms with E-state index in [-0.39, 0.29) is 24.1 Å². The summed E-state index contributed by atoms with van der Waals surface area (Å²) in [6.45, 7) is 0. The van der Waals surface area contributed by atoms with Crippen molar-refractivity contribution < 1.29 is 9.59 Å². The fourth-order valence-corrected chi connectivity index (χ4v) is 4.11. The summed E-state index contributed by atoms with van der Waals surface area (Å²) >= 11 is 0. The highest BCUT2D eigenvalue weighted by molar-refractivity contribution is 6.09. The molecule has 2 unspecified atom stereocenters. The van der Waals surface area contributed by atoms with E-state index in [0.29, 0.717) is 34.8 Å². The number of nitrogens with one attached hydrogen (secondary N) is 2. The third-order valence-electron chi connectivity index (χ3n) is 5.57. The van der Waals surface area contributed by atoms with Gasteiger partial charge in [-0.1, -0.05) is 12.1 Å². The van der Waals surface area contributed by atoms with Gasteiger partial charge < -0.3 is 15.2 Å². The molecule has 0 saturated carbocycles. The molecule has 1 aromatic heterocycles. The number of carbonyl (C=O) groups is 2. The quantitative estimate of drug-likeness (QED) is 0.809. The summed E-state index contributed by atoms with van der Waals surface area (Å²) in [7, 11) is 1.90. The average molecular weight is 374 g/mol. The van der Waals surface area contributed by atoms with E-state index in [1.54, 1.807) is 42.7 Å². The van der Waals surface area contributed by atoms with Crippen LogP contribution < -0.4 is 5.32 Å². The molecular weight excluding hydrogens is 350 g/mol. The van der Waals surface area contributed by atoms with Gasteiger partial charge in [0.2, 0.25) is 0 Å². The first-order valence-electron chi connectivity index (χ1n) is 8.92. The van der Waals surface area contributed by atoms with Gasteiger partial charge in [0.1, 0.15) is 0 Å². The Labute approximate surface area is 159 Å². The van der Waals surface area contributed by atoms with Crippen LogP contribution in [0.1, 0.15) is 52.0 Å². The standard InChI is InChI=1S/C20H23N3O2.ClH/c1-23(18-10-16-6-7-17(11-18)22-16)20(25)14-4-2-13(3-5-14)19(24)15-8-9-21-12-15;/h2-5,8-9,12,16-18,21-22H,6-7,10-11H2,1H3;1H. The number of H-pyrrole nitrogens is 1. The Hall–Kier alpha value is -2.11. The van der Waals surface area contributed by atoms with Gasteiger partial charge in [-0.3, -0.25) is 9.59 Å². The van der Waals surface area contributed by atoms with Gasteiger partial charge in [-0.25, -0.2) is 0 Å². The minimum absolute atomic E-state index is 0. The topological polar surface area (TPSA) is 65.2 Å². The van der Waals surface area contributed by atoms with Crippen molar-refractivity contribution in [1.82, 2.24) is 15.2 Å². The van der Waals surface area contributed by atoms with E-state index in [4.69, 9.17) is 0 Å². The number of ketones is 1. The Morgan fingerprint density at radius 2 is 1.58 bits per heavy atom. The zero-order valence-electron chi connectivity index (χ0n) is 14.8. The van der Waals surface area contributed by atoms with E-state index in [9.17, 15) is 9.59 Å². The van der Waals surface area contributed by atoms with Gasteiger partial charge in [0.25, 0.3) is 5.91 Å². The molecule has 2 aromatic rings. The second kappa shape index (κ2) is 7.64. The fourth-order valence-electron chi connectivity index (χ4n) is 4.11. The third-order valence-corrected chi connectivity index (χ3v) is 5.57. The first-order chi connectivity index (χ1) is 12.1. The summed E-state index contributed by atoms with van der Waals surface area (Å²) in [5.74, 6) is -0.00419. The Kier molecular flexibility index (Phi) is 5.49. The molecule has 0 spiro atoms. The Balaban J connectivity index is 0.00000196. The Bertz CT molecular complexity index is 761. The normalized spacial score (nSPS) is 24.0. The Morgan fingerprint density at radius 3 is 2.15 bits per heavy atom. The molecule has 2 bridgehead atoms. The van der Waals surface area contributed by atoms with Crippen LogP contribution in [0.3, 0.4) is 0 Å². The van der Waals surface area contributed by atoms with Gasteiger partial charge in [0.05, 0.1) is 0 Å². The van der Waals surface area contributed by atoms with Crippen LogP contribution in [0, 0.1) is 0 Å². The summed E-state index contributed by atoms with van der Waals surface area (Å²) in [6.07, 6.45) is 7.91. The molecule has 1 amide bonds. The summed E-state index contributed by atoms with van der Waals surface area (Å²) < 4.78 is 0. The lowest BCUT2D eigenvalue weighted by Crippen LogP contribution is -2.48. The predicted molar refractivity (Wildman–Crippen MR) is 103 cm³/mol. The highest BCUT2D eigenvalue weighted by atomic mass is 35.5. The maximum Gasteiger partial charge on any atom is 0.253 e. The smallest absolute Gasteiger partial charge is 0.253 e. The van der Waals surface area contributed by atoms with Crippen molar-refractivity contribution in [1.29, 1.82) is 0 Å². The fraction of sp³-hybridized carbons (Fsp3) is 0.400. The number of hydrogen-bond acceptors (Lipinski definition) is 3. The van der Waals surface area contributed by atoms with Gasteiger partial charge in [-0.15, -0.1) is 12.4 Å². The van der Waals surface area contributed by atoms with E-state index < -0.39 is 0 Å². The van der Waals surface area contributed by atoms with Crippen molar-refractivity contribution in [2.45, 2.75) is 43.8 Å². The van der Waals surface area contributed by atoms with E-state index in [2.05, 4.69) is 10.3 Å². The SMILES string of the molecule is CN(C(=O)c1ccc(C(=O)c2cc[nH]c2)cc1)C1CC2CCC(C1)N2.Cl. The van der Waals surface area contributed by atoms with E-state index in [1.807, 2.05) is 11.9 Å². The lowest BCUT2D eigenvalue weighted by atomic mass is 9.97. The van der Waals surface area contributed by atoms with Gasteiger partial charge in [0.15, 0.2) is 5.78 Å². The van der Waals surface area contributed by atoms with E-state index >= 15 is 0 Å². The van der Waals surface area contributed by atoms with Crippen LogP contribution in [0.25, 0.3) is 0 Å². The van der Waals surface area contributed by atoms with Crippen molar-refractivity contribution in [2.75, 3.05) is 7.05 Å². The molecule has 4 rings (SSSR count). The number of rotatable bonds is 4. The number of piperidine rings is 1. The van der Waals surface area contributed by atoms with Crippen LogP contribution in [0.4, 0.5) is 0 Å². The van der Waals surface area contributed by atoms with Gasteiger partial charge in [0, 0.05) is 54.3 Å². The summed E-state index contributed by atoms with van der Waals surface area (Å²) in [5, 5.41) is 3.61. The summed E-state index contributed by atoms with van der Waals surface area (Å²) in [5.41, 5.74) is 1.86. The number of carbonyl (C=O) groups excluding carboxylic acids is 2. The van der Waals surface area contributed by atoms with Crippen molar-refractivity contribution in [3.63, 3.8) is 0 Å². The second-order valence-electron chi connectivity index (χ2n) is 7.19. The van der Waals surface area contributed by atoms with Crippen molar-refractivity contribution in [2.24, 2.45) is 0 Å². The van der Waals surface area contributed by atoms with Gasteiger partial charge in [-0.05, 0) is 43.9 Å². The molecule has 5 nitrogen and oxygen atoms in total. The van der Waals surface area contributed by atoms with Crippen LogP contribution in [-0.4, -0.2) is 46.7 Å². The molecule has 2 N–H and O–H groups in total. The molecule has 0 aliphatic carbocycles. The molecule has 26 heavy (non-hydrogen) atoms. The maximum atomic E-state index is 12.8. The zero-order chi connectivity index (χ0) is 17.4. The molecule has 2 fully saturated rings. The number of amides is 1. The number of hydrogen-bond donors (Lipinski definition) is 2. The van der Waals surface area contributed by atoms with Crippen LogP contribution in [0.15, 0.2) is 42.7 Å². The highest BCUT2D eigenvalue weighted by Crippen LogP contribution is 2.29. The predicted octanol–water partition coefficient (Wildman–Crippen LogP) is 3.02. The first kappa shape index (κ1) is 18.7. The molecular formula is C20H24ClN3O2. The lowest BCUT2D eigenvalue weighted by molar-refractivity contribution is 0.0681. The minimum Gasteiger partial charge on any atom is -0.367 e. The van der Waals surface area contributed by atoms with Crippen molar-refractivity contribution >= 4 is 24.1 Å². The second-order valence-corrected chi connectivity index (χ2v) is 7.19. The number of benzene rings is 1. The number of aromatic amines is 1. The zero-order valence-corrected chi connectivity index (χ0v) is 15.6. The number of aromatic nitrogens is 1.